The summed E-state index contributed by atoms with van der Waals surface area (Å²) < 4.78 is 0. The van der Waals surface area contributed by atoms with Crippen LogP contribution in [0.1, 0.15) is 78.6 Å². The van der Waals surface area contributed by atoms with Crippen LogP contribution in [0.2, 0.25) is 0 Å². The molecule has 4 rings (SSSR count). The molecule has 0 radical (unpaired) electrons. The summed E-state index contributed by atoms with van der Waals surface area (Å²) in [6.07, 6.45) is 11.4. The van der Waals surface area contributed by atoms with Gasteiger partial charge in [-0.15, -0.1) is 0 Å². The minimum absolute atomic E-state index is 0.462. The third-order valence-corrected chi connectivity index (χ3v) is 9.95. The molecular weight excluding hydrogens is 306 g/mol. The smallest absolute Gasteiger partial charge is 0.133 e. The van der Waals surface area contributed by atoms with E-state index in [4.69, 9.17) is 0 Å². The molecule has 0 aliphatic heterocycles. The predicted molar refractivity (Wildman–Crippen MR) is 103 cm³/mol. The van der Waals surface area contributed by atoms with Crippen molar-refractivity contribution < 1.29 is 4.79 Å². The zero-order valence-corrected chi connectivity index (χ0v) is 17.2. The van der Waals surface area contributed by atoms with Crippen LogP contribution in [0.3, 0.4) is 0 Å². The second kappa shape index (κ2) is 6.08. The van der Waals surface area contributed by atoms with E-state index >= 15 is 0 Å². The third-order valence-electron chi connectivity index (χ3n) is 9.95. The highest BCUT2D eigenvalue weighted by Crippen LogP contribution is 2.67. The van der Waals surface area contributed by atoms with Gasteiger partial charge in [-0.25, -0.2) is 0 Å². The molecule has 0 aromatic rings. The van der Waals surface area contributed by atoms with Gasteiger partial charge >= 0.3 is 0 Å². The zero-order valence-electron chi connectivity index (χ0n) is 17.2. The summed E-state index contributed by atoms with van der Waals surface area (Å²) in [4.78, 5) is 14.5. The fourth-order valence-corrected chi connectivity index (χ4v) is 8.24. The Morgan fingerprint density at radius 2 is 1.68 bits per heavy atom. The third kappa shape index (κ3) is 2.57. The van der Waals surface area contributed by atoms with Crippen LogP contribution >= 0.6 is 0 Å². The molecule has 8 atom stereocenters. The predicted octanol–water partition coefficient (Wildman–Crippen LogP) is 5.16. The van der Waals surface area contributed by atoms with Crippen molar-refractivity contribution in [3.05, 3.63) is 0 Å². The van der Waals surface area contributed by atoms with Crippen molar-refractivity contribution in [1.29, 1.82) is 0 Å². The van der Waals surface area contributed by atoms with E-state index in [0.717, 1.165) is 36.5 Å². The first-order valence-electron chi connectivity index (χ1n) is 11.0. The normalized spacial score (nSPS) is 51.0. The maximum atomic E-state index is 12.0. The van der Waals surface area contributed by atoms with E-state index in [1.807, 2.05) is 0 Å². The molecule has 4 aliphatic rings. The van der Waals surface area contributed by atoms with E-state index in [-0.39, 0.29) is 0 Å². The van der Waals surface area contributed by atoms with E-state index < -0.39 is 0 Å². The second-order valence-electron chi connectivity index (χ2n) is 10.8. The van der Waals surface area contributed by atoms with Gasteiger partial charge in [-0.1, -0.05) is 13.8 Å². The van der Waals surface area contributed by atoms with E-state index in [0.29, 0.717) is 28.6 Å². The highest BCUT2D eigenvalue weighted by atomic mass is 16.1. The minimum atomic E-state index is 0.462. The molecule has 2 nitrogen and oxygen atoms in total. The standard InChI is InChI=1S/C23H39NO/c1-15(24(4)5)19-8-9-20-18-7-6-16-14-17(25)10-12-22(16,2)21(18)11-13-23(19,20)3/h15-16,18-21H,6-14H2,1-5H3/t15-,16-,18?,19+,20?,21?,22-,23+/m0/s1. The maximum Gasteiger partial charge on any atom is 0.133 e. The van der Waals surface area contributed by atoms with Crippen molar-refractivity contribution in [2.24, 2.45) is 40.4 Å². The number of hydrogen-bond acceptors (Lipinski definition) is 2. The quantitative estimate of drug-likeness (QED) is 0.688. The van der Waals surface area contributed by atoms with Gasteiger partial charge in [0.05, 0.1) is 0 Å². The molecule has 142 valence electrons. The molecule has 4 fully saturated rings. The Bertz CT molecular complexity index is 542. The Morgan fingerprint density at radius 3 is 2.40 bits per heavy atom. The van der Waals surface area contributed by atoms with Crippen LogP contribution in [-0.4, -0.2) is 30.8 Å². The molecule has 3 unspecified atom stereocenters. The summed E-state index contributed by atoms with van der Waals surface area (Å²) in [7, 11) is 4.52. The summed E-state index contributed by atoms with van der Waals surface area (Å²) in [5.74, 6) is 4.87. The van der Waals surface area contributed by atoms with E-state index in [2.05, 4.69) is 39.8 Å². The summed E-state index contributed by atoms with van der Waals surface area (Å²) in [6, 6.07) is 0.700. The van der Waals surface area contributed by atoms with Crippen LogP contribution in [0.4, 0.5) is 0 Å². The van der Waals surface area contributed by atoms with Gasteiger partial charge in [0.25, 0.3) is 0 Å². The lowest BCUT2D eigenvalue weighted by Crippen LogP contribution is -2.54. The highest BCUT2D eigenvalue weighted by Gasteiger charge is 2.60. The number of rotatable bonds is 2. The molecule has 0 aromatic carbocycles. The van der Waals surface area contributed by atoms with Gasteiger partial charge in [-0.3, -0.25) is 4.79 Å². The van der Waals surface area contributed by atoms with Gasteiger partial charge in [0.1, 0.15) is 5.78 Å². The number of fused-ring (bicyclic) bond motifs is 5. The molecule has 4 aliphatic carbocycles. The van der Waals surface area contributed by atoms with Crippen molar-refractivity contribution in [2.75, 3.05) is 14.1 Å². The van der Waals surface area contributed by atoms with Crippen molar-refractivity contribution in [1.82, 2.24) is 4.90 Å². The van der Waals surface area contributed by atoms with E-state index in [9.17, 15) is 4.79 Å². The second-order valence-corrected chi connectivity index (χ2v) is 10.8. The molecule has 0 saturated heterocycles. The van der Waals surface area contributed by atoms with Crippen LogP contribution in [0.5, 0.6) is 0 Å². The van der Waals surface area contributed by atoms with Crippen LogP contribution in [-0.2, 0) is 4.79 Å². The molecule has 0 aromatic heterocycles. The van der Waals surface area contributed by atoms with Gasteiger partial charge in [0, 0.05) is 18.9 Å². The number of carbonyl (C=O) groups excluding carboxylic acids is 1. The Balaban J connectivity index is 1.59. The molecule has 2 heteroatoms. The van der Waals surface area contributed by atoms with Crippen molar-refractivity contribution >= 4 is 5.78 Å². The summed E-state index contributed by atoms with van der Waals surface area (Å²) in [6.45, 7) is 7.66. The van der Waals surface area contributed by atoms with Crippen LogP contribution in [0.15, 0.2) is 0 Å². The molecule has 0 heterocycles. The summed E-state index contributed by atoms with van der Waals surface area (Å²) in [5, 5.41) is 0. The fourth-order valence-electron chi connectivity index (χ4n) is 8.24. The molecule has 0 spiro atoms. The first-order chi connectivity index (χ1) is 11.8. The molecule has 25 heavy (non-hydrogen) atoms. The average molecular weight is 346 g/mol. The number of carbonyl (C=O) groups is 1. The number of Topliss-reactive ketones (excluding diaryl/α,β-unsaturated/α-hetero) is 1. The largest absolute Gasteiger partial charge is 0.306 e. The number of nitrogens with zero attached hydrogens (tertiary/aromatic N) is 1. The molecular formula is C23H39NO. The van der Waals surface area contributed by atoms with Crippen molar-refractivity contribution in [3.8, 4) is 0 Å². The minimum Gasteiger partial charge on any atom is -0.306 e. The summed E-state index contributed by atoms with van der Waals surface area (Å²) >= 11 is 0. The molecule has 0 amide bonds. The monoisotopic (exact) mass is 345 g/mol. The first kappa shape index (κ1) is 18.0. The fraction of sp³-hybridized carbons (Fsp3) is 0.957. The highest BCUT2D eigenvalue weighted by molar-refractivity contribution is 5.79. The zero-order chi connectivity index (χ0) is 18.0. The van der Waals surface area contributed by atoms with E-state index in [1.165, 1.54) is 44.9 Å². The Hall–Kier alpha value is -0.370. The molecule has 4 saturated carbocycles. The Morgan fingerprint density at radius 1 is 0.960 bits per heavy atom. The average Bonchev–Trinajstić information content (AvgIpc) is 2.92. The Kier molecular flexibility index (Phi) is 4.38. The lowest BCUT2D eigenvalue weighted by molar-refractivity contribution is -0.140. The van der Waals surface area contributed by atoms with Crippen LogP contribution < -0.4 is 0 Å². The van der Waals surface area contributed by atoms with Crippen LogP contribution in [0, 0.1) is 40.4 Å². The molecule has 0 N–H and O–H groups in total. The summed E-state index contributed by atoms with van der Waals surface area (Å²) in [5.41, 5.74) is 1.02. The van der Waals surface area contributed by atoms with Crippen LogP contribution in [0.25, 0.3) is 0 Å². The Labute approximate surface area is 155 Å². The number of ketones is 1. The van der Waals surface area contributed by atoms with Gasteiger partial charge in [0.2, 0.25) is 0 Å². The van der Waals surface area contributed by atoms with Crippen molar-refractivity contribution in [3.63, 3.8) is 0 Å². The number of hydrogen-bond donors (Lipinski definition) is 0. The molecule has 0 bridgehead atoms. The lowest BCUT2D eigenvalue weighted by atomic mass is 9.44. The topological polar surface area (TPSA) is 20.3 Å². The van der Waals surface area contributed by atoms with Gasteiger partial charge < -0.3 is 4.90 Å². The lowest BCUT2D eigenvalue weighted by Gasteiger charge is -2.60. The van der Waals surface area contributed by atoms with Crippen molar-refractivity contribution in [2.45, 2.75) is 84.6 Å². The van der Waals surface area contributed by atoms with Gasteiger partial charge in [-0.05, 0) is 106 Å². The maximum absolute atomic E-state index is 12.0. The SMILES string of the molecule is C[C@@H]([C@H]1CCC2C3CC[C@H]4CC(=O)CC[C@]4(C)C3CC[C@@]21C)N(C)C. The van der Waals surface area contributed by atoms with Gasteiger partial charge in [-0.2, -0.15) is 0 Å². The van der Waals surface area contributed by atoms with E-state index in [1.54, 1.807) is 0 Å². The van der Waals surface area contributed by atoms with Gasteiger partial charge in [0.15, 0.2) is 0 Å². The first-order valence-corrected chi connectivity index (χ1v) is 11.0.